The first-order valence-corrected chi connectivity index (χ1v) is 7.10. The van der Waals surface area contributed by atoms with Gasteiger partial charge in [-0.1, -0.05) is 28.2 Å². The largest absolute Gasteiger partial charge is 0.349 e. The zero-order valence-electron chi connectivity index (χ0n) is 10.0. The Morgan fingerprint density at radius 2 is 2.07 bits per heavy atom. The van der Waals surface area contributed by atoms with E-state index in [1.165, 1.54) is 17.6 Å². The van der Waals surface area contributed by atoms with E-state index in [0.29, 0.717) is 0 Å². The van der Waals surface area contributed by atoms with Crippen LogP contribution in [0.1, 0.15) is 40.5 Å². The summed E-state index contributed by atoms with van der Waals surface area (Å²) >= 11 is 2.32. The van der Waals surface area contributed by atoms with Crippen LogP contribution in [-0.4, -0.2) is 22.9 Å². The molecule has 3 heteroatoms. The molecule has 1 rings (SSSR count). The molecule has 0 N–H and O–H groups in total. The minimum Gasteiger partial charge on any atom is -0.349 e. The van der Waals surface area contributed by atoms with Crippen LogP contribution in [0.3, 0.4) is 0 Å². The molecule has 0 radical (unpaired) electrons. The van der Waals surface area contributed by atoms with Crippen LogP contribution in [0.5, 0.6) is 0 Å². The van der Waals surface area contributed by atoms with E-state index in [2.05, 4.69) is 36.4 Å². The number of hydrogen-bond donors (Lipinski definition) is 0. The van der Waals surface area contributed by atoms with E-state index in [9.17, 15) is 0 Å². The van der Waals surface area contributed by atoms with E-state index in [-0.39, 0.29) is 18.5 Å². The van der Waals surface area contributed by atoms with Crippen molar-refractivity contribution in [2.45, 2.75) is 59.0 Å². The average Bonchev–Trinajstić information content (AvgIpc) is 2.48. The summed E-state index contributed by atoms with van der Waals surface area (Å²) in [5.74, 6) is 0. The third kappa shape index (κ3) is 4.04. The molecule has 0 heterocycles. The maximum atomic E-state index is 5.97. The van der Waals surface area contributed by atoms with Crippen molar-refractivity contribution in [3.8, 4) is 0 Å². The molecule has 0 saturated heterocycles. The SMILES string of the molecule is CC1=C(C)C(OC(CI)OC(C)C)CC1. The van der Waals surface area contributed by atoms with Crippen LogP contribution in [-0.2, 0) is 9.47 Å². The van der Waals surface area contributed by atoms with Crippen molar-refractivity contribution in [3.05, 3.63) is 11.1 Å². The zero-order chi connectivity index (χ0) is 11.4. The highest BCUT2D eigenvalue weighted by molar-refractivity contribution is 14.1. The molecule has 0 saturated carbocycles. The fraction of sp³-hybridized carbons (Fsp3) is 0.833. The van der Waals surface area contributed by atoms with Gasteiger partial charge in [-0.25, -0.2) is 0 Å². The maximum absolute atomic E-state index is 5.97. The second-order valence-electron chi connectivity index (χ2n) is 4.40. The first-order valence-electron chi connectivity index (χ1n) is 5.57. The number of halogens is 1. The fourth-order valence-corrected chi connectivity index (χ4v) is 2.21. The molecule has 15 heavy (non-hydrogen) atoms. The van der Waals surface area contributed by atoms with Gasteiger partial charge in [-0.05, 0) is 46.1 Å². The van der Waals surface area contributed by atoms with E-state index in [0.717, 1.165) is 10.8 Å². The average molecular weight is 324 g/mol. The van der Waals surface area contributed by atoms with E-state index in [1.807, 2.05) is 13.8 Å². The lowest BCUT2D eigenvalue weighted by Gasteiger charge is -2.23. The van der Waals surface area contributed by atoms with Crippen molar-refractivity contribution in [1.82, 2.24) is 0 Å². The summed E-state index contributed by atoms with van der Waals surface area (Å²) in [6, 6.07) is 0. The molecule has 0 aromatic heterocycles. The van der Waals surface area contributed by atoms with Crippen LogP contribution in [0, 0.1) is 0 Å². The van der Waals surface area contributed by atoms with Gasteiger partial charge in [0, 0.05) is 0 Å². The van der Waals surface area contributed by atoms with Gasteiger partial charge in [0.1, 0.15) is 0 Å². The molecule has 2 unspecified atom stereocenters. The highest BCUT2D eigenvalue weighted by Crippen LogP contribution is 2.29. The third-order valence-electron chi connectivity index (χ3n) is 2.80. The number of rotatable bonds is 5. The predicted octanol–water partition coefficient (Wildman–Crippen LogP) is 3.69. The summed E-state index contributed by atoms with van der Waals surface area (Å²) in [7, 11) is 0. The minimum absolute atomic E-state index is 0.0588. The standard InChI is InChI=1S/C12H21IO2/c1-8(2)14-12(7-13)15-11-6-5-9(3)10(11)4/h8,11-12H,5-7H2,1-4H3. The lowest BCUT2D eigenvalue weighted by atomic mass is 10.2. The summed E-state index contributed by atoms with van der Waals surface area (Å²) in [6.45, 7) is 8.46. The van der Waals surface area contributed by atoms with Crippen LogP contribution < -0.4 is 0 Å². The quantitative estimate of drug-likeness (QED) is 0.332. The van der Waals surface area contributed by atoms with Gasteiger partial charge in [0.15, 0.2) is 6.29 Å². The Bertz CT molecular complexity index is 236. The molecule has 0 aromatic carbocycles. The van der Waals surface area contributed by atoms with Gasteiger partial charge >= 0.3 is 0 Å². The summed E-state index contributed by atoms with van der Waals surface area (Å²) in [5.41, 5.74) is 2.88. The smallest absolute Gasteiger partial charge is 0.167 e. The lowest BCUT2D eigenvalue weighted by molar-refractivity contribution is -0.164. The molecule has 0 amide bonds. The van der Waals surface area contributed by atoms with Crippen LogP contribution in [0.2, 0.25) is 0 Å². The van der Waals surface area contributed by atoms with Crippen molar-refractivity contribution in [1.29, 1.82) is 0 Å². The Morgan fingerprint density at radius 1 is 1.40 bits per heavy atom. The van der Waals surface area contributed by atoms with Crippen molar-refractivity contribution >= 4 is 22.6 Å². The van der Waals surface area contributed by atoms with Gasteiger partial charge in [0.25, 0.3) is 0 Å². The maximum Gasteiger partial charge on any atom is 0.167 e. The van der Waals surface area contributed by atoms with Crippen LogP contribution in [0.15, 0.2) is 11.1 Å². The van der Waals surface area contributed by atoms with Gasteiger partial charge in [-0.2, -0.15) is 0 Å². The third-order valence-corrected chi connectivity index (χ3v) is 3.52. The molecule has 2 nitrogen and oxygen atoms in total. The molecule has 0 fully saturated rings. The van der Waals surface area contributed by atoms with Gasteiger partial charge in [-0.3, -0.25) is 0 Å². The van der Waals surface area contributed by atoms with E-state index < -0.39 is 0 Å². The Balaban J connectivity index is 2.46. The van der Waals surface area contributed by atoms with Crippen molar-refractivity contribution in [3.63, 3.8) is 0 Å². The van der Waals surface area contributed by atoms with Gasteiger partial charge in [0.2, 0.25) is 0 Å². The van der Waals surface area contributed by atoms with Crippen molar-refractivity contribution in [2.75, 3.05) is 4.43 Å². The first-order chi connectivity index (χ1) is 7.04. The Hall–Kier alpha value is 0.390. The normalized spacial score (nSPS) is 24.0. The predicted molar refractivity (Wildman–Crippen MR) is 71.4 cm³/mol. The Labute approximate surface area is 107 Å². The van der Waals surface area contributed by atoms with E-state index in [4.69, 9.17) is 9.47 Å². The second-order valence-corrected chi connectivity index (χ2v) is 5.28. The summed E-state index contributed by atoms with van der Waals surface area (Å²) in [4.78, 5) is 0. The summed E-state index contributed by atoms with van der Waals surface area (Å²) in [5, 5.41) is 0. The molecule has 1 aliphatic carbocycles. The second kappa shape index (κ2) is 6.21. The number of ether oxygens (including phenoxy) is 2. The van der Waals surface area contributed by atoms with Crippen molar-refractivity contribution in [2.24, 2.45) is 0 Å². The molecule has 2 atom stereocenters. The first kappa shape index (κ1) is 13.5. The molecule has 88 valence electrons. The van der Waals surface area contributed by atoms with Crippen LogP contribution >= 0.6 is 22.6 Å². The number of allylic oxidation sites excluding steroid dienone is 1. The molecular formula is C12H21IO2. The summed E-state index contributed by atoms with van der Waals surface area (Å²) < 4.78 is 12.5. The molecule has 0 aromatic rings. The molecule has 1 aliphatic rings. The van der Waals surface area contributed by atoms with Crippen LogP contribution in [0.25, 0.3) is 0 Å². The fourth-order valence-electron chi connectivity index (χ4n) is 1.80. The van der Waals surface area contributed by atoms with Gasteiger partial charge < -0.3 is 9.47 Å². The van der Waals surface area contributed by atoms with E-state index in [1.54, 1.807) is 0 Å². The molecule has 0 aliphatic heterocycles. The topological polar surface area (TPSA) is 18.5 Å². The van der Waals surface area contributed by atoms with Crippen molar-refractivity contribution < 1.29 is 9.47 Å². The van der Waals surface area contributed by atoms with Gasteiger partial charge in [0.05, 0.1) is 16.6 Å². The summed E-state index contributed by atoms with van der Waals surface area (Å²) in [6.07, 6.45) is 2.75. The van der Waals surface area contributed by atoms with Crippen LogP contribution in [0.4, 0.5) is 0 Å². The number of alkyl halides is 1. The minimum atomic E-state index is -0.0588. The highest BCUT2D eigenvalue weighted by atomic mass is 127. The van der Waals surface area contributed by atoms with E-state index >= 15 is 0 Å². The van der Waals surface area contributed by atoms with Gasteiger partial charge in [-0.15, -0.1) is 0 Å². The Kier molecular flexibility index (Phi) is 5.57. The Morgan fingerprint density at radius 3 is 2.47 bits per heavy atom. The zero-order valence-corrected chi connectivity index (χ0v) is 12.2. The highest BCUT2D eigenvalue weighted by Gasteiger charge is 2.24. The monoisotopic (exact) mass is 324 g/mol. The number of hydrogen-bond acceptors (Lipinski definition) is 2. The molecular weight excluding hydrogens is 303 g/mol. The molecule has 0 bridgehead atoms. The molecule has 0 spiro atoms. The lowest BCUT2D eigenvalue weighted by Crippen LogP contribution is -2.28.